The molecular weight excluding hydrogens is 406 g/mol. The summed E-state index contributed by atoms with van der Waals surface area (Å²) in [5, 5.41) is 4.01. The average molecular weight is 436 g/mol. The van der Waals surface area contributed by atoms with Gasteiger partial charge in [0, 0.05) is 18.2 Å². The summed E-state index contributed by atoms with van der Waals surface area (Å²) < 4.78 is 5.23. The number of rotatable bonds is 7. The first-order chi connectivity index (χ1) is 15.1. The van der Waals surface area contributed by atoms with Gasteiger partial charge in [-0.25, -0.2) is 4.98 Å². The van der Waals surface area contributed by atoms with Crippen molar-refractivity contribution in [1.29, 1.82) is 0 Å². The molecule has 0 radical (unpaired) electrons. The third-order valence-corrected chi connectivity index (χ3v) is 7.17. The lowest BCUT2D eigenvalue weighted by Crippen LogP contribution is -2.39. The van der Waals surface area contributed by atoms with Crippen LogP contribution in [0.2, 0.25) is 0 Å². The molecular formula is C25H29N3O2S. The summed E-state index contributed by atoms with van der Waals surface area (Å²) in [6.45, 7) is 6.97. The first-order valence-electron chi connectivity index (χ1n) is 10.8. The third kappa shape index (κ3) is 4.81. The lowest BCUT2D eigenvalue weighted by atomic mass is 10.0. The Morgan fingerprint density at radius 2 is 1.77 bits per heavy atom. The minimum atomic E-state index is -0.0148. The molecule has 5 nitrogen and oxygen atoms in total. The minimum absolute atomic E-state index is 0.0148. The van der Waals surface area contributed by atoms with E-state index in [0.717, 1.165) is 52.7 Å². The molecule has 162 valence electrons. The van der Waals surface area contributed by atoms with Gasteiger partial charge in [-0.3, -0.25) is 9.69 Å². The number of aryl methyl sites for hydroxylation is 1. The molecule has 6 heteroatoms. The fourth-order valence-electron chi connectivity index (χ4n) is 4.15. The van der Waals surface area contributed by atoms with E-state index in [0.29, 0.717) is 17.5 Å². The molecule has 1 saturated heterocycles. The molecule has 0 aliphatic carbocycles. The second kappa shape index (κ2) is 9.62. The molecule has 1 fully saturated rings. The number of amides is 1. The monoisotopic (exact) mass is 435 g/mol. The number of hydrogen-bond donors (Lipinski definition) is 1. The Morgan fingerprint density at radius 3 is 2.42 bits per heavy atom. The normalized spacial score (nSPS) is 16.4. The number of carbonyl (C=O) groups excluding carboxylic acids is 1. The Bertz CT molecular complexity index is 1030. The van der Waals surface area contributed by atoms with E-state index < -0.39 is 0 Å². The van der Waals surface area contributed by atoms with Crippen molar-refractivity contribution in [1.82, 2.24) is 15.2 Å². The van der Waals surface area contributed by atoms with Gasteiger partial charge in [-0.15, -0.1) is 11.3 Å². The first kappa shape index (κ1) is 21.5. The van der Waals surface area contributed by atoms with Gasteiger partial charge < -0.3 is 10.1 Å². The fraction of sp³-hybridized carbons (Fsp3) is 0.360. The largest absolute Gasteiger partial charge is 0.497 e. The van der Waals surface area contributed by atoms with Crippen LogP contribution in [0.3, 0.4) is 0 Å². The summed E-state index contributed by atoms with van der Waals surface area (Å²) in [6.07, 6.45) is 2.37. The smallest absolute Gasteiger partial charge is 0.263 e. The van der Waals surface area contributed by atoms with Crippen molar-refractivity contribution in [3.05, 3.63) is 59.1 Å². The van der Waals surface area contributed by atoms with Gasteiger partial charge in [0.1, 0.15) is 15.6 Å². The van der Waals surface area contributed by atoms with Crippen LogP contribution in [0.5, 0.6) is 5.75 Å². The fourth-order valence-corrected chi connectivity index (χ4v) is 5.14. The van der Waals surface area contributed by atoms with E-state index in [1.54, 1.807) is 7.11 Å². The van der Waals surface area contributed by atoms with Crippen LogP contribution in [0.15, 0.2) is 48.5 Å². The number of benzene rings is 2. The van der Waals surface area contributed by atoms with Crippen LogP contribution in [-0.4, -0.2) is 48.6 Å². The lowest BCUT2D eigenvalue weighted by Gasteiger charge is -2.22. The summed E-state index contributed by atoms with van der Waals surface area (Å²) in [6, 6.07) is 16.8. The van der Waals surface area contributed by atoms with Gasteiger partial charge in [0.2, 0.25) is 0 Å². The molecule has 0 saturated carbocycles. The summed E-state index contributed by atoms with van der Waals surface area (Å²) in [4.78, 5) is 20.6. The molecule has 2 heterocycles. The third-order valence-electron chi connectivity index (χ3n) is 5.96. The Hall–Kier alpha value is -2.70. The summed E-state index contributed by atoms with van der Waals surface area (Å²) in [7, 11) is 1.67. The van der Waals surface area contributed by atoms with Crippen molar-refractivity contribution in [3.63, 3.8) is 0 Å². The van der Waals surface area contributed by atoms with E-state index in [2.05, 4.69) is 46.4 Å². The Balaban J connectivity index is 1.44. The van der Waals surface area contributed by atoms with Gasteiger partial charge in [0.05, 0.1) is 12.8 Å². The molecule has 31 heavy (non-hydrogen) atoms. The SMILES string of the molecule is CCN1CCCC1CNC(=O)c1sc(-c2ccc(-c3ccc(OC)cc3)cc2)nc1C. The zero-order chi connectivity index (χ0) is 21.8. The van der Waals surface area contributed by atoms with Crippen LogP contribution < -0.4 is 10.1 Å². The van der Waals surface area contributed by atoms with Gasteiger partial charge in [-0.2, -0.15) is 0 Å². The Labute approximate surface area is 188 Å². The predicted octanol–water partition coefficient (Wildman–Crippen LogP) is 5.01. The molecule has 0 spiro atoms. The number of hydrogen-bond acceptors (Lipinski definition) is 5. The zero-order valence-corrected chi connectivity index (χ0v) is 19.2. The van der Waals surface area contributed by atoms with Gasteiger partial charge in [-0.05, 0) is 56.1 Å². The molecule has 1 unspecified atom stereocenters. The minimum Gasteiger partial charge on any atom is -0.497 e. The Kier molecular flexibility index (Phi) is 6.68. The number of aromatic nitrogens is 1. The molecule has 1 aliphatic heterocycles. The number of thiazole rings is 1. The van der Waals surface area contributed by atoms with Crippen LogP contribution in [0.1, 0.15) is 35.1 Å². The molecule has 1 amide bonds. The second-order valence-corrected chi connectivity index (χ2v) is 8.87. The second-order valence-electron chi connectivity index (χ2n) is 7.87. The standard InChI is InChI=1S/C25H29N3O2S/c1-4-28-15-5-6-21(28)16-26-24(29)23-17(2)27-25(31-23)20-9-7-18(8-10-20)19-11-13-22(30-3)14-12-19/h7-14,21H,4-6,15-16H2,1-3H3,(H,26,29). The van der Waals surface area contributed by atoms with E-state index in [4.69, 9.17) is 4.74 Å². The highest BCUT2D eigenvalue weighted by Crippen LogP contribution is 2.30. The molecule has 1 aromatic heterocycles. The van der Waals surface area contributed by atoms with Crippen molar-refractivity contribution in [2.45, 2.75) is 32.7 Å². The molecule has 1 aliphatic rings. The van der Waals surface area contributed by atoms with E-state index in [1.165, 1.54) is 17.8 Å². The summed E-state index contributed by atoms with van der Waals surface area (Å²) >= 11 is 1.46. The number of nitrogens with zero attached hydrogens (tertiary/aromatic N) is 2. The van der Waals surface area contributed by atoms with Crippen molar-refractivity contribution in [2.75, 3.05) is 26.7 Å². The van der Waals surface area contributed by atoms with Crippen LogP contribution >= 0.6 is 11.3 Å². The summed E-state index contributed by atoms with van der Waals surface area (Å²) in [5.41, 5.74) is 4.08. The van der Waals surface area contributed by atoms with Crippen LogP contribution in [0, 0.1) is 6.92 Å². The predicted molar refractivity (Wildman–Crippen MR) is 127 cm³/mol. The highest BCUT2D eigenvalue weighted by atomic mass is 32.1. The highest BCUT2D eigenvalue weighted by Gasteiger charge is 2.24. The van der Waals surface area contributed by atoms with E-state index >= 15 is 0 Å². The number of nitrogens with one attached hydrogen (secondary N) is 1. The molecule has 4 rings (SSSR count). The maximum atomic E-state index is 12.8. The van der Waals surface area contributed by atoms with Crippen LogP contribution in [0.25, 0.3) is 21.7 Å². The zero-order valence-electron chi connectivity index (χ0n) is 18.4. The van der Waals surface area contributed by atoms with E-state index in [9.17, 15) is 4.79 Å². The van der Waals surface area contributed by atoms with Crippen molar-refractivity contribution in [3.8, 4) is 27.4 Å². The number of likely N-dealkylation sites (N-methyl/N-ethyl adjacent to an activating group) is 1. The Morgan fingerprint density at radius 1 is 1.13 bits per heavy atom. The molecule has 2 aromatic carbocycles. The topological polar surface area (TPSA) is 54.5 Å². The molecule has 3 aromatic rings. The molecule has 0 bridgehead atoms. The highest BCUT2D eigenvalue weighted by molar-refractivity contribution is 7.17. The number of ether oxygens (including phenoxy) is 1. The van der Waals surface area contributed by atoms with Gasteiger partial charge >= 0.3 is 0 Å². The van der Waals surface area contributed by atoms with E-state index in [1.807, 2.05) is 31.2 Å². The van der Waals surface area contributed by atoms with Crippen LogP contribution in [-0.2, 0) is 0 Å². The number of likely N-dealkylation sites (tertiary alicyclic amines) is 1. The average Bonchev–Trinajstić information content (AvgIpc) is 3.43. The maximum absolute atomic E-state index is 12.8. The summed E-state index contributed by atoms with van der Waals surface area (Å²) in [5.74, 6) is 0.832. The van der Waals surface area contributed by atoms with Gasteiger partial charge in [0.25, 0.3) is 5.91 Å². The van der Waals surface area contributed by atoms with Crippen molar-refractivity contribution in [2.24, 2.45) is 0 Å². The first-order valence-corrected chi connectivity index (χ1v) is 11.6. The van der Waals surface area contributed by atoms with Crippen molar-refractivity contribution < 1.29 is 9.53 Å². The van der Waals surface area contributed by atoms with Gasteiger partial charge in [-0.1, -0.05) is 43.3 Å². The van der Waals surface area contributed by atoms with Crippen LogP contribution in [0.4, 0.5) is 0 Å². The molecule has 1 N–H and O–H groups in total. The number of carbonyl (C=O) groups is 1. The number of methoxy groups -OCH3 is 1. The van der Waals surface area contributed by atoms with Crippen molar-refractivity contribution >= 4 is 17.2 Å². The maximum Gasteiger partial charge on any atom is 0.263 e. The molecule has 1 atom stereocenters. The quantitative estimate of drug-likeness (QED) is 0.567. The van der Waals surface area contributed by atoms with E-state index in [-0.39, 0.29) is 5.91 Å². The lowest BCUT2D eigenvalue weighted by molar-refractivity contribution is 0.0944. The van der Waals surface area contributed by atoms with Gasteiger partial charge in [0.15, 0.2) is 0 Å².